The number of methoxy groups -OCH3 is 3. The number of ketones is 1. The van der Waals surface area contributed by atoms with Gasteiger partial charge in [-0.05, 0) is 43.3 Å². The highest BCUT2D eigenvalue weighted by molar-refractivity contribution is 7.87. The summed E-state index contributed by atoms with van der Waals surface area (Å²) >= 11 is 0. The first-order valence-electron chi connectivity index (χ1n) is 10.1. The van der Waals surface area contributed by atoms with Crippen LogP contribution in [-0.4, -0.2) is 35.5 Å². The van der Waals surface area contributed by atoms with Crippen molar-refractivity contribution in [2.75, 3.05) is 21.3 Å². The lowest BCUT2D eigenvalue weighted by molar-refractivity contribution is 0.101. The van der Waals surface area contributed by atoms with Gasteiger partial charge < -0.3 is 23.1 Å². The van der Waals surface area contributed by atoms with Crippen LogP contribution in [0.15, 0.2) is 65.3 Å². The SMILES string of the molecule is COc1cc(OC)c(OC)cc1C=C1Oc2cc(OS(=O)(=O)c3ccc(C)cc3)ccc2C1=O. The molecule has 9 heteroatoms. The van der Waals surface area contributed by atoms with Crippen LogP contribution in [0.1, 0.15) is 21.5 Å². The van der Waals surface area contributed by atoms with Crippen molar-refractivity contribution in [3.63, 3.8) is 0 Å². The fraction of sp³-hybridized carbons (Fsp3) is 0.160. The monoisotopic (exact) mass is 482 g/mol. The van der Waals surface area contributed by atoms with Gasteiger partial charge in [-0.15, -0.1) is 0 Å². The molecule has 0 unspecified atom stereocenters. The molecule has 0 aliphatic carbocycles. The standard InChI is InChI=1S/C25H22O8S/c1-15-5-8-18(9-6-15)34(27,28)33-17-7-10-19-21(13-17)32-24(25(19)26)12-16-11-22(30-3)23(31-4)14-20(16)29-2/h5-14H,1-4H3. The van der Waals surface area contributed by atoms with Gasteiger partial charge in [0.1, 0.15) is 22.1 Å². The van der Waals surface area contributed by atoms with Crippen molar-refractivity contribution >= 4 is 22.0 Å². The number of rotatable bonds is 7. The number of hydrogen-bond donors (Lipinski definition) is 0. The van der Waals surface area contributed by atoms with Crippen LogP contribution < -0.4 is 23.1 Å². The normalized spacial score (nSPS) is 13.9. The number of carbonyl (C=O) groups excluding carboxylic acids is 1. The van der Waals surface area contributed by atoms with Crippen LogP contribution in [0.3, 0.4) is 0 Å². The summed E-state index contributed by atoms with van der Waals surface area (Å²) < 4.78 is 52.2. The van der Waals surface area contributed by atoms with Gasteiger partial charge in [0.05, 0.1) is 26.9 Å². The Balaban J connectivity index is 1.63. The highest BCUT2D eigenvalue weighted by Crippen LogP contribution is 2.39. The van der Waals surface area contributed by atoms with E-state index in [4.69, 9.17) is 23.1 Å². The average molecular weight is 483 g/mol. The first-order valence-corrected chi connectivity index (χ1v) is 11.6. The third-order valence-corrected chi connectivity index (χ3v) is 6.44. The van der Waals surface area contributed by atoms with Crippen LogP contribution in [0.5, 0.6) is 28.7 Å². The summed E-state index contributed by atoms with van der Waals surface area (Å²) in [5.41, 5.74) is 1.74. The van der Waals surface area contributed by atoms with Gasteiger partial charge in [0.25, 0.3) is 0 Å². The molecule has 0 atom stereocenters. The fourth-order valence-corrected chi connectivity index (χ4v) is 4.33. The van der Waals surface area contributed by atoms with Gasteiger partial charge in [-0.25, -0.2) is 0 Å². The van der Waals surface area contributed by atoms with Crippen molar-refractivity contribution < 1.29 is 36.3 Å². The first kappa shape index (κ1) is 23.2. The van der Waals surface area contributed by atoms with E-state index in [9.17, 15) is 13.2 Å². The molecule has 3 aromatic carbocycles. The van der Waals surface area contributed by atoms with Gasteiger partial charge in [-0.3, -0.25) is 4.79 Å². The van der Waals surface area contributed by atoms with Crippen LogP contribution in [-0.2, 0) is 10.1 Å². The number of Topliss-reactive ketones (excluding diaryl/α,β-unsaturated/α-hetero) is 1. The molecule has 0 fully saturated rings. The molecule has 4 rings (SSSR count). The van der Waals surface area contributed by atoms with Crippen molar-refractivity contribution in [2.24, 2.45) is 0 Å². The van der Waals surface area contributed by atoms with Crippen molar-refractivity contribution in [1.82, 2.24) is 0 Å². The van der Waals surface area contributed by atoms with Gasteiger partial charge in [0.15, 0.2) is 17.3 Å². The highest BCUT2D eigenvalue weighted by atomic mass is 32.2. The Labute approximate surface area is 197 Å². The largest absolute Gasteiger partial charge is 0.496 e. The second-order valence-corrected chi connectivity index (χ2v) is 8.94. The molecule has 8 nitrogen and oxygen atoms in total. The molecule has 1 heterocycles. The zero-order valence-electron chi connectivity index (χ0n) is 18.9. The molecule has 0 spiro atoms. The van der Waals surface area contributed by atoms with E-state index in [0.717, 1.165) is 5.56 Å². The Morgan fingerprint density at radius 2 is 1.47 bits per heavy atom. The number of allylic oxidation sites excluding steroid dienone is 1. The zero-order chi connectivity index (χ0) is 24.5. The summed E-state index contributed by atoms with van der Waals surface area (Å²) in [6.07, 6.45) is 1.52. The topological polar surface area (TPSA) is 97.4 Å². The molecule has 0 amide bonds. The second kappa shape index (κ2) is 9.11. The Morgan fingerprint density at radius 3 is 2.12 bits per heavy atom. The van der Waals surface area contributed by atoms with Gasteiger partial charge in [-0.1, -0.05) is 17.7 Å². The molecule has 0 saturated heterocycles. The average Bonchev–Trinajstić information content (AvgIpc) is 3.13. The molecule has 0 bridgehead atoms. The summed E-state index contributed by atoms with van der Waals surface area (Å²) in [5, 5.41) is 0. The Kier molecular flexibility index (Phi) is 6.21. The highest BCUT2D eigenvalue weighted by Gasteiger charge is 2.29. The van der Waals surface area contributed by atoms with Gasteiger partial charge in [0.2, 0.25) is 5.78 Å². The number of carbonyl (C=O) groups is 1. The molecular formula is C25H22O8S. The predicted octanol–water partition coefficient (Wildman–Crippen LogP) is 4.40. The number of benzene rings is 3. The Hall–Kier alpha value is -3.98. The van der Waals surface area contributed by atoms with Crippen molar-refractivity contribution in [3.05, 3.63) is 77.0 Å². The summed E-state index contributed by atoms with van der Waals surface area (Å²) in [6, 6.07) is 13.8. The van der Waals surface area contributed by atoms with Crippen LogP contribution in [0, 0.1) is 6.92 Å². The summed E-state index contributed by atoms with van der Waals surface area (Å²) in [6.45, 7) is 1.86. The van der Waals surface area contributed by atoms with Crippen molar-refractivity contribution in [1.29, 1.82) is 0 Å². The minimum atomic E-state index is -4.04. The van der Waals surface area contributed by atoms with E-state index < -0.39 is 10.1 Å². The lowest BCUT2D eigenvalue weighted by Crippen LogP contribution is -2.09. The minimum Gasteiger partial charge on any atom is -0.496 e. The third kappa shape index (κ3) is 4.42. The molecule has 34 heavy (non-hydrogen) atoms. The van der Waals surface area contributed by atoms with Gasteiger partial charge in [-0.2, -0.15) is 8.42 Å². The van der Waals surface area contributed by atoms with Crippen molar-refractivity contribution in [2.45, 2.75) is 11.8 Å². The van der Waals surface area contributed by atoms with Crippen LogP contribution >= 0.6 is 0 Å². The van der Waals surface area contributed by atoms with E-state index in [1.165, 1.54) is 57.7 Å². The van der Waals surface area contributed by atoms with E-state index in [1.54, 1.807) is 24.3 Å². The second-order valence-electron chi connectivity index (χ2n) is 7.40. The van der Waals surface area contributed by atoms with Crippen LogP contribution in [0.2, 0.25) is 0 Å². The molecule has 0 aromatic heterocycles. The number of aryl methyl sites for hydroxylation is 1. The maximum atomic E-state index is 12.9. The summed E-state index contributed by atoms with van der Waals surface area (Å²) in [7, 11) is 0.458. The van der Waals surface area contributed by atoms with E-state index in [0.29, 0.717) is 22.8 Å². The molecule has 0 saturated carbocycles. The third-order valence-electron chi connectivity index (χ3n) is 5.18. The number of hydrogen-bond acceptors (Lipinski definition) is 8. The summed E-state index contributed by atoms with van der Waals surface area (Å²) in [4.78, 5) is 12.9. The van der Waals surface area contributed by atoms with Crippen LogP contribution in [0.25, 0.3) is 6.08 Å². The summed E-state index contributed by atoms with van der Waals surface area (Å²) in [5.74, 6) is 1.27. The minimum absolute atomic E-state index is 0.0247. The first-order chi connectivity index (χ1) is 16.2. The maximum Gasteiger partial charge on any atom is 0.339 e. The maximum absolute atomic E-state index is 12.9. The molecule has 0 radical (unpaired) electrons. The molecule has 176 valence electrons. The van der Waals surface area contributed by atoms with Crippen LogP contribution in [0.4, 0.5) is 0 Å². The Bertz CT molecular complexity index is 1390. The lowest BCUT2D eigenvalue weighted by Gasteiger charge is -2.12. The molecule has 1 aliphatic heterocycles. The van der Waals surface area contributed by atoms with Crippen molar-refractivity contribution in [3.8, 4) is 28.7 Å². The zero-order valence-corrected chi connectivity index (χ0v) is 19.8. The number of ether oxygens (including phenoxy) is 4. The molecule has 0 N–H and O–H groups in total. The van der Waals surface area contributed by atoms with E-state index in [2.05, 4.69) is 0 Å². The Morgan fingerprint density at radius 1 is 0.824 bits per heavy atom. The van der Waals surface area contributed by atoms with E-state index in [-0.39, 0.29) is 33.5 Å². The smallest absolute Gasteiger partial charge is 0.339 e. The molecule has 1 aliphatic rings. The van der Waals surface area contributed by atoms with Gasteiger partial charge in [0, 0.05) is 17.7 Å². The van der Waals surface area contributed by atoms with E-state index >= 15 is 0 Å². The van der Waals surface area contributed by atoms with E-state index in [1.807, 2.05) is 6.92 Å². The lowest BCUT2D eigenvalue weighted by atomic mass is 10.1. The quantitative estimate of drug-likeness (QED) is 0.361. The molecular weight excluding hydrogens is 460 g/mol. The fourth-order valence-electron chi connectivity index (χ4n) is 3.41. The molecule has 3 aromatic rings. The number of fused-ring (bicyclic) bond motifs is 1. The van der Waals surface area contributed by atoms with Gasteiger partial charge >= 0.3 is 10.1 Å². The predicted molar refractivity (Wildman–Crippen MR) is 124 cm³/mol.